The van der Waals surface area contributed by atoms with E-state index in [1.807, 2.05) is 18.2 Å². The maximum atomic E-state index is 12.5. The van der Waals surface area contributed by atoms with Gasteiger partial charge in [-0.15, -0.1) is 0 Å². The van der Waals surface area contributed by atoms with E-state index in [0.717, 1.165) is 5.52 Å². The highest BCUT2D eigenvalue weighted by molar-refractivity contribution is 7.91. The van der Waals surface area contributed by atoms with Gasteiger partial charge in [-0.1, -0.05) is 24.3 Å². The van der Waals surface area contributed by atoms with Crippen LogP contribution in [0.1, 0.15) is 0 Å². The van der Waals surface area contributed by atoms with Gasteiger partial charge in [-0.3, -0.25) is 0 Å². The lowest BCUT2D eigenvalue weighted by atomic mass is 10.4. The van der Waals surface area contributed by atoms with Gasteiger partial charge in [0.1, 0.15) is 5.03 Å². The van der Waals surface area contributed by atoms with Crippen LogP contribution < -0.4 is 0 Å². The van der Waals surface area contributed by atoms with Crippen LogP contribution in [0.3, 0.4) is 0 Å². The number of hydrogen-bond acceptors (Lipinski definition) is 2. The van der Waals surface area contributed by atoms with Gasteiger partial charge < -0.3 is 4.40 Å². The van der Waals surface area contributed by atoms with Crippen LogP contribution in [0.15, 0.2) is 76.8 Å². The first-order chi connectivity index (χ1) is 8.69. The predicted octanol–water partition coefficient (Wildman–Crippen LogP) is 2.77. The molecule has 0 unspecified atom stereocenters. The fraction of sp³-hybridized carbons (Fsp3) is 0. The van der Waals surface area contributed by atoms with Gasteiger partial charge in [-0.25, -0.2) is 8.42 Å². The topological polar surface area (TPSA) is 38.5 Å². The van der Waals surface area contributed by atoms with Crippen molar-refractivity contribution in [2.45, 2.75) is 9.92 Å². The summed E-state index contributed by atoms with van der Waals surface area (Å²) in [7, 11) is -3.46. The molecule has 0 aliphatic rings. The average Bonchev–Trinajstić information content (AvgIpc) is 2.84. The molecule has 0 aliphatic heterocycles. The summed E-state index contributed by atoms with van der Waals surface area (Å²) in [4.78, 5) is 0.314. The summed E-state index contributed by atoms with van der Waals surface area (Å²) in [6.07, 6.45) is 1.76. The van der Waals surface area contributed by atoms with E-state index in [1.165, 1.54) is 0 Å². The van der Waals surface area contributed by atoms with Gasteiger partial charge in [0, 0.05) is 11.7 Å². The first-order valence-electron chi connectivity index (χ1n) is 5.56. The molecule has 3 nitrogen and oxygen atoms in total. The largest absolute Gasteiger partial charge is 0.307 e. The second kappa shape index (κ2) is 3.99. The van der Waals surface area contributed by atoms with Crippen molar-refractivity contribution in [2.75, 3.05) is 0 Å². The molecule has 0 aliphatic carbocycles. The fourth-order valence-corrected chi connectivity index (χ4v) is 3.40. The van der Waals surface area contributed by atoms with Gasteiger partial charge in [0.2, 0.25) is 9.84 Å². The Morgan fingerprint density at radius 3 is 2.28 bits per heavy atom. The van der Waals surface area contributed by atoms with Crippen LogP contribution in [0.4, 0.5) is 0 Å². The molecular weight excluding hydrogens is 246 g/mol. The molecule has 0 bridgehead atoms. The Morgan fingerprint density at radius 2 is 1.50 bits per heavy atom. The Kier molecular flexibility index (Phi) is 2.45. The van der Waals surface area contributed by atoms with Gasteiger partial charge >= 0.3 is 0 Å². The number of aromatic nitrogens is 1. The van der Waals surface area contributed by atoms with Gasteiger partial charge in [0.05, 0.1) is 4.90 Å². The first kappa shape index (κ1) is 11.0. The lowest BCUT2D eigenvalue weighted by molar-refractivity contribution is 0.591. The molecule has 2 aromatic heterocycles. The van der Waals surface area contributed by atoms with Gasteiger partial charge in [0.15, 0.2) is 0 Å². The van der Waals surface area contributed by atoms with Crippen molar-refractivity contribution < 1.29 is 8.42 Å². The maximum Gasteiger partial charge on any atom is 0.222 e. The predicted molar refractivity (Wildman–Crippen MR) is 69.3 cm³/mol. The summed E-state index contributed by atoms with van der Waals surface area (Å²) in [5, 5.41) is 0.296. The van der Waals surface area contributed by atoms with Crippen LogP contribution in [0.25, 0.3) is 5.52 Å². The Hall–Kier alpha value is -2.07. The third-order valence-corrected chi connectivity index (χ3v) is 4.63. The van der Waals surface area contributed by atoms with E-state index in [4.69, 9.17) is 0 Å². The maximum absolute atomic E-state index is 12.5. The van der Waals surface area contributed by atoms with E-state index >= 15 is 0 Å². The molecule has 0 radical (unpaired) electrons. The van der Waals surface area contributed by atoms with Crippen molar-refractivity contribution >= 4 is 15.4 Å². The monoisotopic (exact) mass is 257 g/mol. The van der Waals surface area contributed by atoms with Crippen LogP contribution in [0.2, 0.25) is 0 Å². The second-order valence-corrected chi connectivity index (χ2v) is 5.88. The lowest BCUT2D eigenvalue weighted by Crippen LogP contribution is -2.04. The number of sulfone groups is 1. The van der Waals surface area contributed by atoms with Crippen molar-refractivity contribution in [3.8, 4) is 0 Å². The van der Waals surface area contributed by atoms with Crippen molar-refractivity contribution in [3.63, 3.8) is 0 Å². The van der Waals surface area contributed by atoms with Crippen LogP contribution >= 0.6 is 0 Å². The SMILES string of the molecule is O=S(=O)(c1ccccc1)c1ccc2ccccn12. The zero-order chi connectivity index (χ0) is 12.6. The number of benzene rings is 1. The molecule has 0 saturated carbocycles. The lowest BCUT2D eigenvalue weighted by Gasteiger charge is -2.04. The Morgan fingerprint density at radius 1 is 0.778 bits per heavy atom. The number of rotatable bonds is 2. The quantitative estimate of drug-likeness (QED) is 0.708. The van der Waals surface area contributed by atoms with E-state index in [2.05, 4.69) is 0 Å². The summed E-state index contributed by atoms with van der Waals surface area (Å²) in [6.45, 7) is 0. The Labute approximate surface area is 105 Å². The van der Waals surface area contributed by atoms with E-state index in [-0.39, 0.29) is 0 Å². The van der Waals surface area contributed by atoms with E-state index < -0.39 is 9.84 Å². The third kappa shape index (κ3) is 1.62. The first-order valence-corrected chi connectivity index (χ1v) is 7.04. The number of pyridine rings is 1. The summed E-state index contributed by atoms with van der Waals surface area (Å²) in [5.74, 6) is 0. The highest BCUT2D eigenvalue weighted by Gasteiger charge is 2.20. The molecule has 4 heteroatoms. The molecule has 0 fully saturated rings. The van der Waals surface area contributed by atoms with Gasteiger partial charge in [0.25, 0.3) is 0 Å². The van der Waals surface area contributed by atoms with Crippen LogP contribution in [-0.2, 0) is 9.84 Å². The molecule has 0 saturated heterocycles. The highest BCUT2D eigenvalue weighted by Crippen LogP contribution is 2.22. The highest BCUT2D eigenvalue weighted by atomic mass is 32.2. The zero-order valence-corrected chi connectivity index (χ0v) is 10.3. The minimum atomic E-state index is -3.46. The van der Waals surface area contributed by atoms with Crippen molar-refractivity contribution in [1.29, 1.82) is 0 Å². The van der Waals surface area contributed by atoms with Crippen LogP contribution in [-0.4, -0.2) is 12.8 Å². The molecule has 0 atom stereocenters. The molecule has 0 amide bonds. The van der Waals surface area contributed by atoms with Gasteiger partial charge in [-0.05, 0) is 36.4 Å². The normalized spacial score (nSPS) is 11.8. The molecule has 2 heterocycles. The standard InChI is InChI=1S/C14H11NO2S/c16-18(17,13-7-2-1-3-8-13)14-10-9-12-6-4-5-11-15(12)14/h1-11H. The summed E-state index contributed by atoms with van der Waals surface area (Å²) in [6, 6.07) is 17.5. The number of fused-ring (bicyclic) bond motifs is 1. The summed E-state index contributed by atoms with van der Waals surface area (Å²) < 4.78 is 26.7. The molecular formula is C14H11NO2S. The van der Waals surface area contributed by atoms with Gasteiger partial charge in [-0.2, -0.15) is 0 Å². The van der Waals surface area contributed by atoms with Crippen molar-refractivity contribution in [1.82, 2.24) is 4.40 Å². The number of nitrogens with zero attached hydrogens (tertiary/aromatic N) is 1. The van der Waals surface area contributed by atoms with Crippen LogP contribution in [0.5, 0.6) is 0 Å². The van der Waals surface area contributed by atoms with E-state index in [9.17, 15) is 8.42 Å². The second-order valence-electron chi connectivity index (χ2n) is 3.98. The zero-order valence-electron chi connectivity index (χ0n) is 9.52. The third-order valence-electron chi connectivity index (χ3n) is 2.85. The summed E-state index contributed by atoms with van der Waals surface area (Å²) in [5.41, 5.74) is 0.868. The molecule has 1 aromatic carbocycles. The Balaban J connectivity index is 2.27. The molecule has 0 spiro atoms. The average molecular weight is 257 g/mol. The minimum absolute atomic E-state index is 0.296. The number of hydrogen-bond donors (Lipinski definition) is 0. The molecule has 90 valence electrons. The van der Waals surface area contributed by atoms with E-state index in [1.54, 1.807) is 53.1 Å². The molecule has 18 heavy (non-hydrogen) atoms. The van der Waals surface area contributed by atoms with Crippen LogP contribution in [0, 0.1) is 0 Å². The molecule has 3 aromatic rings. The summed E-state index contributed by atoms with van der Waals surface area (Å²) >= 11 is 0. The molecule has 3 rings (SSSR count). The smallest absolute Gasteiger partial charge is 0.222 e. The van der Waals surface area contributed by atoms with E-state index in [0.29, 0.717) is 9.92 Å². The van der Waals surface area contributed by atoms with Crippen molar-refractivity contribution in [3.05, 3.63) is 66.9 Å². The Bertz CT molecular complexity index is 789. The minimum Gasteiger partial charge on any atom is -0.307 e. The van der Waals surface area contributed by atoms with Crippen molar-refractivity contribution in [2.24, 2.45) is 0 Å². The fourth-order valence-electron chi connectivity index (χ4n) is 1.97. The molecule has 0 N–H and O–H groups in total.